The Kier molecular flexibility index (Phi) is 9.61. The lowest BCUT2D eigenvalue weighted by Gasteiger charge is -2.31. The summed E-state index contributed by atoms with van der Waals surface area (Å²) < 4.78 is 39.5. The van der Waals surface area contributed by atoms with Gasteiger partial charge in [-0.05, 0) is 67.6 Å². The molecule has 0 aliphatic rings. The van der Waals surface area contributed by atoms with E-state index in [1.54, 1.807) is 18.2 Å². The molecular weight excluding hydrogens is 457 g/mol. The van der Waals surface area contributed by atoms with Gasteiger partial charge in [0.2, 0.25) is 21.8 Å². The summed E-state index contributed by atoms with van der Waals surface area (Å²) in [5.74, 6) is -0.939. The number of anilines is 1. The molecule has 9 heteroatoms. The van der Waals surface area contributed by atoms with Gasteiger partial charge >= 0.3 is 0 Å². The molecule has 186 valence electrons. The fourth-order valence-corrected chi connectivity index (χ4v) is 4.71. The molecule has 1 unspecified atom stereocenters. The number of sulfonamides is 1. The number of rotatable bonds is 11. The lowest BCUT2D eigenvalue weighted by atomic mass is 10.1. The molecule has 0 saturated heterocycles. The van der Waals surface area contributed by atoms with Gasteiger partial charge in [-0.25, -0.2) is 12.8 Å². The van der Waals surface area contributed by atoms with E-state index in [-0.39, 0.29) is 43.6 Å². The van der Waals surface area contributed by atoms with Gasteiger partial charge in [-0.3, -0.25) is 13.9 Å². The maximum atomic E-state index is 13.3. The Morgan fingerprint density at radius 1 is 1.06 bits per heavy atom. The van der Waals surface area contributed by atoms with Gasteiger partial charge in [-0.15, -0.1) is 0 Å². The van der Waals surface area contributed by atoms with E-state index in [2.05, 4.69) is 5.32 Å². The number of carbonyl (C=O) groups is 2. The number of benzene rings is 2. The second-order valence-corrected chi connectivity index (χ2v) is 10.3. The summed E-state index contributed by atoms with van der Waals surface area (Å²) in [6.45, 7) is 5.97. The number of nitrogens with one attached hydrogen (secondary N) is 1. The normalized spacial score (nSPS) is 12.2. The summed E-state index contributed by atoms with van der Waals surface area (Å²) in [7, 11) is -2.03. The van der Waals surface area contributed by atoms with Crippen molar-refractivity contribution in [3.05, 3.63) is 65.0 Å². The molecule has 2 aromatic rings. The van der Waals surface area contributed by atoms with Crippen LogP contribution in [0.5, 0.6) is 0 Å². The van der Waals surface area contributed by atoms with Crippen LogP contribution in [0.1, 0.15) is 42.9 Å². The molecule has 7 nitrogen and oxygen atoms in total. The molecular formula is C25H34FN3O4S. The van der Waals surface area contributed by atoms with Crippen molar-refractivity contribution in [3.8, 4) is 0 Å². The Balaban J connectivity index is 2.19. The van der Waals surface area contributed by atoms with Crippen LogP contribution >= 0.6 is 0 Å². The molecule has 2 amide bonds. The van der Waals surface area contributed by atoms with Crippen LogP contribution in [0.3, 0.4) is 0 Å². The monoisotopic (exact) mass is 491 g/mol. The maximum Gasteiger partial charge on any atom is 0.242 e. The van der Waals surface area contributed by atoms with E-state index >= 15 is 0 Å². The van der Waals surface area contributed by atoms with Crippen LogP contribution in [0, 0.1) is 19.7 Å². The van der Waals surface area contributed by atoms with Crippen LogP contribution in [-0.4, -0.2) is 51.0 Å². The molecule has 1 N–H and O–H groups in total. The zero-order valence-electron chi connectivity index (χ0n) is 20.5. The van der Waals surface area contributed by atoms with Crippen LogP contribution in [-0.2, 0) is 26.2 Å². The van der Waals surface area contributed by atoms with E-state index in [4.69, 9.17) is 0 Å². The minimum atomic E-state index is -3.55. The highest BCUT2D eigenvalue weighted by molar-refractivity contribution is 7.92. The van der Waals surface area contributed by atoms with Crippen molar-refractivity contribution in [1.29, 1.82) is 0 Å². The Labute approximate surface area is 202 Å². The lowest BCUT2D eigenvalue weighted by Crippen LogP contribution is -2.48. The van der Waals surface area contributed by atoms with Gasteiger partial charge in [0.1, 0.15) is 11.9 Å². The van der Waals surface area contributed by atoms with E-state index in [9.17, 15) is 22.4 Å². The molecule has 0 radical (unpaired) electrons. The highest BCUT2D eigenvalue weighted by Crippen LogP contribution is 2.22. The summed E-state index contributed by atoms with van der Waals surface area (Å²) in [6, 6.07) is 10.5. The van der Waals surface area contributed by atoms with Crippen molar-refractivity contribution in [2.75, 3.05) is 24.2 Å². The summed E-state index contributed by atoms with van der Waals surface area (Å²) >= 11 is 0. The molecule has 2 rings (SSSR count). The predicted molar refractivity (Wildman–Crippen MR) is 132 cm³/mol. The average Bonchev–Trinajstić information content (AvgIpc) is 2.78. The third-order valence-electron chi connectivity index (χ3n) is 5.83. The number of nitrogens with zero attached hydrogens (tertiary/aromatic N) is 2. The summed E-state index contributed by atoms with van der Waals surface area (Å²) in [6.07, 6.45) is 1.89. The molecule has 0 fully saturated rings. The summed E-state index contributed by atoms with van der Waals surface area (Å²) in [4.78, 5) is 27.1. The lowest BCUT2D eigenvalue weighted by molar-refractivity contribution is -0.141. The predicted octanol–water partition coefficient (Wildman–Crippen LogP) is 3.54. The fraction of sp³-hybridized carbons (Fsp3) is 0.440. The van der Waals surface area contributed by atoms with Crippen molar-refractivity contribution >= 4 is 27.5 Å². The van der Waals surface area contributed by atoms with Crippen molar-refractivity contribution in [3.63, 3.8) is 0 Å². The quantitative estimate of drug-likeness (QED) is 0.521. The second-order valence-electron chi connectivity index (χ2n) is 8.39. The third-order valence-corrected chi connectivity index (χ3v) is 7.02. The molecule has 0 bridgehead atoms. The first-order chi connectivity index (χ1) is 16.0. The minimum absolute atomic E-state index is 0.0611. The Hall–Kier alpha value is -2.94. The zero-order chi connectivity index (χ0) is 25.5. The number of carbonyl (C=O) groups excluding carboxylic acids is 2. The van der Waals surface area contributed by atoms with Gasteiger partial charge in [-0.1, -0.05) is 25.1 Å². The molecule has 0 saturated carbocycles. The largest absolute Gasteiger partial charge is 0.357 e. The van der Waals surface area contributed by atoms with E-state index < -0.39 is 16.1 Å². The van der Waals surface area contributed by atoms with Crippen molar-refractivity contribution in [2.45, 2.75) is 52.6 Å². The van der Waals surface area contributed by atoms with Gasteiger partial charge in [0.15, 0.2) is 0 Å². The molecule has 0 heterocycles. The van der Waals surface area contributed by atoms with Crippen LogP contribution in [0.15, 0.2) is 42.5 Å². The first kappa shape index (κ1) is 27.3. The Morgan fingerprint density at radius 3 is 2.24 bits per heavy atom. The number of hydrogen-bond acceptors (Lipinski definition) is 4. The van der Waals surface area contributed by atoms with Gasteiger partial charge in [0, 0.05) is 26.6 Å². The van der Waals surface area contributed by atoms with Gasteiger partial charge in [0.25, 0.3) is 0 Å². The third kappa shape index (κ3) is 7.28. The van der Waals surface area contributed by atoms with Crippen molar-refractivity contribution in [2.24, 2.45) is 0 Å². The molecule has 0 spiro atoms. The van der Waals surface area contributed by atoms with Crippen LogP contribution in [0.25, 0.3) is 0 Å². The topological polar surface area (TPSA) is 86.8 Å². The van der Waals surface area contributed by atoms with E-state index in [1.807, 2.05) is 32.9 Å². The molecule has 1 atom stereocenters. The second kappa shape index (κ2) is 12.0. The standard InChI is InChI=1S/C25H34FN3O4S/c1-6-23(25(31)27-4)28(17-20-10-12-21(26)13-11-20)24(30)8-7-15-29(34(5,32)33)22-14-9-18(2)19(3)16-22/h9-14,16,23H,6-8,15,17H2,1-5H3,(H,27,31). The highest BCUT2D eigenvalue weighted by Gasteiger charge is 2.28. The number of amides is 2. The molecule has 34 heavy (non-hydrogen) atoms. The van der Waals surface area contributed by atoms with E-state index in [1.165, 1.54) is 28.4 Å². The van der Waals surface area contributed by atoms with Gasteiger partial charge in [0.05, 0.1) is 11.9 Å². The van der Waals surface area contributed by atoms with Crippen LogP contribution < -0.4 is 9.62 Å². The Bertz CT molecular complexity index is 1100. The first-order valence-electron chi connectivity index (χ1n) is 11.3. The number of likely N-dealkylation sites (N-methyl/N-ethyl adjacent to an activating group) is 1. The highest BCUT2D eigenvalue weighted by atomic mass is 32.2. The van der Waals surface area contributed by atoms with Crippen LogP contribution in [0.2, 0.25) is 0 Å². The van der Waals surface area contributed by atoms with Crippen molar-refractivity contribution in [1.82, 2.24) is 10.2 Å². The molecule has 0 aliphatic heterocycles. The molecule has 0 aromatic heterocycles. The molecule has 2 aromatic carbocycles. The van der Waals surface area contributed by atoms with Crippen LogP contribution in [0.4, 0.5) is 10.1 Å². The van der Waals surface area contributed by atoms with Gasteiger partial charge in [-0.2, -0.15) is 0 Å². The number of halogens is 1. The average molecular weight is 492 g/mol. The number of aryl methyl sites for hydroxylation is 2. The van der Waals surface area contributed by atoms with E-state index in [0.29, 0.717) is 17.7 Å². The van der Waals surface area contributed by atoms with Crippen molar-refractivity contribution < 1.29 is 22.4 Å². The van der Waals surface area contributed by atoms with E-state index in [0.717, 1.165) is 17.4 Å². The SMILES string of the molecule is CCC(C(=O)NC)N(Cc1ccc(F)cc1)C(=O)CCCN(c1ccc(C)c(C)c1)S(C)(=O)=O. The van der Waals surface area contributed by atoms with Gasteiger partial charge < -0.3 is 10.2 Å². The fourth-order valence-electron chi connectivity index (χ4n) is 3.76. The number of hydrogen-bond donors (Lipinski definition) is 1. The summed E-state index contributed by atoms with van der Waals surface area (Å²) in [5.41, 5.74) is 3.29. The minimum Gasteiger partial charge on any atom is -0.357 e. The maximum absolute atomic E-state index is 13.3. The first-order valence-corrected chi connectivity index (χ1v) is 13.1. The smallest absolute Gasteiger partial charge is 0.242 e. The summed E-state index contributed by atoms with van der Waals surface area (Å²) in [5, 5.41) is 2.59. The molecule has 0 aliphatic carbocycles. The Morgan fingerprint density at radius 2 is 1.71 bits per heavy atom. The zero-order valence-corrected chi connectivity index (χ0v) is 21.3.